The Labute approximate surface area is 288 Å². The number of rotatable bonds is 4. The number of carbonyl (C=O) groups excluding carboxylic acids is 4. The maximum atomic E-state index is 13.1. The number of hydrogen-bond acceptors (Lipinski definition) is 6. The minimum absolute atomic E-state index is 0.00569. The molecule has 9 nitrogen and oxygen atoms in total. The van der Waals surface area contributed by atoms with Gasteiger partial charge in [-0.05, 0) is 67.3 Å². The molecule has 2 aromatic heterocycles. The van der Waals surface area contributed by atoms with Crippen LogP contribution in [-0.4, -0.2) is 39.2 Å². The third kappa shape index (κ3) is 7.49. The van der Waals surface area contributed by atoms with Crippen LogP contribution in [-0.2, 0) is 31.7 Å². The number of amides is 1. The van der Waals surface area contributed by atoms with Crippen LogP contribution >= 0.6 is 46.4 Å². The number of anilines is 2. The molecule has 0 atom stereocenters. The van der Waals surface area contributed by atoms with Crippen LogP contribution in [0.15, 0.2) is 36.4 Å². The summed E-state index contributed by atoms with van der Waals surface area (Å²) in [4.78, 5) is 47.6. The van der Waals surface area contributed by atoms with E-state index >= 15 is 0 Å². The van der Waals surface area contributed by atoms with Crippen LogP contribution in [0.2, 0.25) is 20.4 Å². The average molecular weight is 728 g/mol. The van der Waals surface area contributed by atoms with E-state index in [0.29, 0.717) is 76.9 Å². The number of benzene rings is 2. The molecule has 0 spiro atoms. The molecule has 248 valence electrons. The number of ketones is 2. The normalized spacial score (nSPS) is 12.9. The molecule has 0 aliphatic heterocycles. The molecule has 0 radical (unpaired) electrons. The highest BCUT2D eigenvalue weighted by Crippen LogP contribution is 2.35. The number of Topliss-reactive ketones (excluding diaryl/α,β-unsaturated/α-hetero) is 2. The van der Waals surface area contributed by atoms with E-state index in [2.05, 4.69) is 5.32 Å². The first-order valence-corrected chi connectivity index (χ1v) is 15.6. The summed E-state index contributed by atoms with van der Waals surface area (Å²) in [5, 5.41) is 3.23. The van der Waals surface area contributed by atoms with Crippen molar-refractivity contribution in [3.63, 3.8) is 0 Å². The highest BCUT2D eigenvalue weighted by Gasteiger charge is 2.34. The van der Waals surface area contributed by atoms with Crippen LogP contribution in [0, 0.1) is 11.6 Å². The maximum Gasteiger partial charge on any atom is 0.355 e. The van der Waals surface area contributed by atoms with Gasteiger partial charge in [-0.1, -0.05) is 46.4 Å². The van der Waals surface area contributed by atoms with Gasteiger partial charge >= 0.3 is 5.97 Å². The van der Waals surface area contributed by atoms with Gasteiger partial charge in [0, 0.05) is 38.3 Å². The monoisotopic (exact) mass is 726 g/mol. The standard InChI is InChI=1S/C15H11Cl2FN2O2.C11H12ClNO3.C6H5ClFN/c1-20-13(8-3-5-11(21)12(8)14(20)17)15(22)19-7-2-4-10(18)9(16)6-7;1-3-16-11(15)9-6-4-5-7(14)8(6)10(12)13(9)2;7-5-3-4(9)1-2-6(5)8/h2,4,6H,3,5H2,1H3,(H,19,22);3-5H2,1-2H3;1-3H,9H2. The van der Waals surface area contributed by atoms with Crippen molar-refractivity contribution >= 4 is 81.2 Å². The summed E-state index contributed by atoms with van der Waals surface area (Å²) in [5.41, 5.74) is 9.17. The number of aromatic nitrogens is 2. The molecular weight excluding hydrogens is 700 g/mol. The van der Waals surface area contributed by atoms with Gasteiger partial charge in [-0.25, -0.2) is 13.6 Å². The molecule has 3 N–H and O–H groups in total. The molecule has 6 rings (SSSR count). The van der Waals surface area contributed by atoms with Gasteiger partial charge in [0.15, 0.2) is 11.6 Å². The molecule has 47 heavy (non-hydrogen) atoms. The minimum atomic E-state index is -0.562. The lowest BCUT2D eigenvalue weighted by Crippen LogP contribution is -2.17. The molecule has 2 aliphatic carbocycles. The molecule has 0 unspecified atom stereocenters. The van der Waals surface area contributed by atoms with E-state index in [-0.39, 0.29) is 26.8 Å². The average Bonchev–Trinajstić information content (AvgIpc) is 3.72. The molecule has 2 heterocycles. The van der Waals surface area contributed by atoms with Crippen LogP contribution in [0.1, 0.15) is 72.6 Å². The first-order chi connectivity index (χ1) is 22.2. The second-order valence-corrected chi connectivity index (χ2v) is 12.0. The Balaban J connectivity index is 0.000000175. The van der Waals surface area contributed by atoms with Crippen molar-refractivity contribution in [3.05, 3.63) is 102 Å². The van der Waals surface area contributed by atoms with Crippen molar-refractivity contribution in [1.29, 1.82) is 0 Å². The van der Waals surface area contributed by atoms with Crippen molar-refractivity contribution < 1.29 is 32.7 Å². The molecule has 0 saturated carbocycles. The molecule has 0 saturated heterocycles. The number of esters is 1. The minimum Gasteiger partial charge on any atom is -0.461 e. The fourth-order valence-electron chi connectivity index (χ4n) is 5.23. The molecular formula is C32H28Cl4F2N4O5. The Hall–Kier alpha value is -3.90. The largest absolute Gasteiger partial charge is 0.461 e. The zero-order chi connectivity index (χ0) is 34.7. The van der Waals surface area contributed by atoms with Crippen LogP contribution < -0.4 is 11.1 Å². The van der Waals surface area contributed by atoms with E-state index < -0.39 is 23.5 Å². The second kappa shape index (κ2) is 14.9. The van der Waals surface area contributed by atoms with Crippen molar-refractivity contribution in [2.45, 2.75) is 32.6 Å². The lowest BCUT2D eigenvalue weighted by molar-refractivity contribution is 0.0513. The summed E-state index contributed by atoms with van der Waals surface area (Å²) in [7, 11) is 3.29. The summed E-state index contributed by atoms with van der Waals surface area (Å²) in [6.45, 7) is 2.05. The highest BCUT2D eigenvalue weighted by atomic mass is 35.5. The van der Waals surface area contributed by atoms with Gasteiger partial charge < -0.3 is 24.9 Å². The third-order valence-electron chi connectivity index (χ3n) is 7.41. The Morgan fingerprint density at radius 1 is 0.809 bits per heavy atom. The van der Waals surface area contributed by atoms with E-state index in [0.717, 1.165) is 5.56 Å². The Bertz CT molecular complexity index is 1920. The fraction of sp³-hybridized carbons (Fsp3) is 0.250. The molecule has 2 aromatic carbocycles. The van der Waals surface area contributed by atoms with Crippen molar-refractivity contribution in [1.82, 2.24) is 9.13 Å². The molecule has 1 amide bonds. The summed E-state index contributed by atoms with van der Waals surface area (Å²) in [6, 6.07) is 7.97. The Morgan fingerprint density at radius 2 is 1.30 bits per heavy atom. The molecule has 4 aromatic rings. The molecule has 15 heteroatoms. The topological polar surface area (TPSA) is 125 Å². The van der Waals surface area contributed by atoms with E-state index in [4.69, 9.17) is 56.9 Å². The van der Waals surface area contributed by atoms with Gasteiger partial charge in [-0.3, -0.25) is 14.4 Å². The van der Waals surface area contributed by atoms with Crippen molar-refractivity contribution in [2.75, 3.05) is 17.7 Å². The molecule has 2 aliphatic rings. The van der Waals surface area contributed by atoms with Crippen LogP contribution in [0.4, 0.5) is 20.2 Å². The van der Waals surface area contributed by atoms with Crippen LogP contribution in [0.25, 0.3) is 0 Å². The first kappa shape index (κ1) is 35.9. The van der Waals surface area contributed by atoms with Gasteiger partial charge in [0.05, 0.1) is 27.8 Å². The first-order valence-electron chi connectivity index (χ1n) is 14.1. The number of carbonyl (C=O) groups is 4. The third-order valence-corrected chi connectivity index (χ3v) is 8.88. The Kier molecular flexibility index (Phi) is 11.4. The predicted octanol–water partition coefficient (Wildman–Crippen LogP) is 7.90. The van der Waals surface area contributed by atoms with Gasteiger partial charge in [-0.2, -0.15) is 0 Å². The van der Waals surface area contributed by atoms with Crippen molar-refractivity contribution in [3.8, 4) is 0 Å². The van der Waals surface area contributed by atoms with E-state index in [1.807, 2.05) is 0 Å². The summed E-state index contributed by atoms with van der Waals surface area (Å²) in [5.74, 6) is -1.88. The number of hydrogen-bond donors (Lipinski definition) is 2. The number of fused-ring (bicyclic) bond motifs is 2. The molecule has 0 bridgehead atoms. The van der Waals surface area contributed by atoms with Crippen LogP contribution in [0.5, 0.6) is 0 Å². The van der Waals surface area contributed by atoms with Gasteiger partial charge in [0.1, 0.15) is 33.3 Å². The van der Waals surface area contributed by atoms with E-state index in [9.17, 15) is 28.0 Å². The zero-order valence-electron chi connectivity index (χ0n) is 25.3. The molecule has 0 fully saturated rings. The van der Waals surface area contributed by atoms with E-state index in [1.165, 1.54) is 45.5 Å². The maximum absolute atomic E-state index is 13.1. The van der Waals surface area contributed by atoms with Gasteiger partial charge in [0.2, 0.25) is 0 Å². The number of nitrogens with zero attached hydrogens (tertiary/aromatic N) is 2. The zero-order valence-corrected chi connectivity index (χ0v) is 28.3. The number of nitrogens with one attached hydrogen (secondary N) is 1. The lowest BCUT2D eigenvalue weighted by atomic mass is 10.1. The van der Waals surface area contributed by atoms with Gasteiger partial charge in [0.25, 0.3) is 5.91 Å². The second-order valence-electron chi connectivity index (χ2n) is 10.4. The summed E-state index contributed by atoms with van der Waals surface area (Å²) >= 11 is 23.2. The number of halogens is 6. The number of ether oxygens (including phenoxy) is 1. The number of nitrogen functional groups attached to an aromatic ring is 1. The smallest absolute Gasteiger partial charge is 0.355 e. The Morgan fingerprint density at radius 3 is 1.79 bits per heavy atom. The summed E-state index contributed by atoms with van der Waals surface area (Å²) in [6.07, 6.45) is 1.84. The summed E-state index contributed by atoms with van der Waals surface area (Å²) < 4.78 is 33.4. The fourth-order valence-corrected chi connectivity index (χ4v) is 6.21. The number of nitrogens with two attached hydrogens (primary N) is 1. The van der Waals surface area contributed by atoms with Crippen LogP contribution in [0.3, 0.4) is 0 Å². The van der Waals surface area contributed by atoms with Crippen molar-refractivity contribution in [2.24, 2.45) is 14.1 Å². The lowest BCUT2D eigenvalue weighted by Gasteiger charge is -2.09. The van der Waals surface area contributed by atoms with E-state index in [1.54, 1.807) is 21.0 Å². The SMILES string of the molecule is CCOC(=O)c1c2c(c(Cl)n1C)C(=O)CC2.Cn1c(Cl)c2c(c1C(=O)Nc1ccc(F)c(Cl)c1)CCC2=O.Nc1ccc(F)c(Cl)c1. The highest BCUT2D eigenvalue weighted by molar-refractivity contribution is 6.35. The van der Waals surface area contributed by atoms with Gasteiger partial charge in [-0.15, -0.1) is 0 Å². The quantitative estimate of drug-likeness (QED) is 0.163. The predicted molar refractivity (Wildman–Crippen MR) is 177 cm³/mol.